The van der Waals surface area contributed by atoms with Crippen LogP contribution in [-0.4, -0.2) is 46.3 Å². The van der Waals surface area contributed by atoms with Crippen LogP contribution in [0.2, 0.25) is 0 Å². The van der Waals surface area contributed by atoms with Crippen LogP contribution in [0.15, 0.2) is 6.33 Å². The molecular formula is C11H23N5. The Morgan fingerprint density at radius 3 is 2.81 bits per heavy atom. The molecule has 0 radical (unpaired) electrons. The van der Waals surface area contributed by atoms with Gasteiger partial charge in [0.05, 0.1) is 6.54 Å². The fourth-order valence-electron chi connectivity index (χ4n) is 1.73. The second-order valence-electron chi connectivity index (χ2n) is 3.87. The SMILES string of the molecule is CCCN(CCNC)Cc1ncnn1CC. The van der Waals surface area contributed by atoms with Crippen molar-refractivity contribution >= 4 is 0 Å². The average molecular weight is 225 g/mol. The van der Waals surface area contributed by atoms with E-state index in [0.29, 0.717) is 0 Å². The van der Waals surface area contributed by atoms with Crippen LogP contribution < -0.4 is 5.32 Å². The largest absolute Gasteiger partial charge is 0.318 e. The van der Waals surface area contributed by atoms with Gasteiger partial charge in [0.25, 0.3) is 0 Å². The third kappa shape index (κ3) is 3.90. The van der Waals surface area contributed by atoms with Gasteiger partial charge in [-0.2, -0.15) is 5.10 Å². The van der Waals surface area contributed by atoms with Crippen molar-refractivity contribution in [3.8, 4) is 0 Å². The molecule has 0 aliphatic carbocycles. The lowest BCUT2D eigenvalue weighted by molar-refractivity contribution is 0.256. The van der Waals surface area contributed by atoms with Crippen LogP contribution in [0.25, 0.3) is 0 Å². The summed E-state index contributed by atoms with van der Waals surface area (Å²) in [5.41, 5.74) is 0. The summed E-state index contributed by atoms with van der Waals surface area (Å²) in [4.78, 5) is 6.72. The Kier molecular flexibility index (Phi) is 6.03. The zero-order valence-corrected chi connectivity index (χ0v) is 10.6. The molecule has 1 aromatic rings. The van der Waals surface area contributed by atoms with E-state index in [-0.39, 0.29) is 0 Å². The summed E-state index contributed by atoms with van der Waals surface area (Å²) in [5, 5.41) is 7.37. The van der Waals surface area contributed by atoms with Crippen LogP contribution in [-0.2, 0) is 13.1 Å². The molecule has 1 N–H and O–H groups in total. The smallest absolute Gasteiger partial charge is 0.140 e. The Morgan fingerprint density at radius 2 is 2.19 bits per heavy atom. The van der Waals surface area contributed by atoms with Gasteiger partial charge in [0, 0.05) is 19.6 Å². The normalized spacial score (nSPS) is 11.2. The molecule has 5 heteroatoms. The molecule has 16 heavy (non-hydrogen) atoms. The van der Waals surface area contributed by atoms with E-state index in [2.05, 4.69) is 34.1 Å². The van der Waals surface area contributed by atoms with Crippen LogP contribution in [0.4, 0.5) is 0 Å². The molecule has 1 heterocycles. The molecule has 0 atom stereocenters. The Bertz CT molecular complexity index is 284. The summed E-state index contributed by atoms with van der Waals surface area (Å²) < 4.78 is 1.96. The van der Waals surface area contributed by atoms with Crippen molar-refractivity contribution in [3.63, 3.8) is 0 Å². The van der Waals surface area contributed by atoms with Gasteiger partial charge in [0.15, 0.2) is 0 Å². The monoisotopic (exact) mass is 225 g/mol. The Morgan fingerprint density at radius 1 is 1.38 bits per heavy atom. The molecule has 0 aromatic carbocycles. The highest BCUT2D eigenvalue weighted by Gasteiger charge is 2.09. The van der Waals surface area contributed by atoms with E-state index < -0.39 is 0 Å². The van der Waals surface area contributed by atoms with Crippen molar-refractivity contribution in [2.75, 3.05) is 26.7 Å². The van der Waals surface area contributed by atoms with E-state index in [1.807, 2.05) is 11.7 Å². The molecule has 0 saturated carbocycles. The first kappa shape index (κ1) is 13.1. The number of aromatic nitrogens is 3. The van der Waals surface area contributed by atoms with Gasteiger partial charge in [-0.25, -0.2) is 9.67 Å². The summed E-state index contributed by atoms with van der Waals surface area (Å²) >= 11 is 0. The highest BCUT2D eigenvalue weighted by atomic mass is 15.3. The zero-order chi connectivity index (χ0) is 11.8. The van der Waals surface area contributed by atoms with E-state index >= 15 is 0 Å². The Labute approximate surface area is 97.9 Å². The lowest BCUT2D eigenvalue weighted by Crippen LogP contribution is -2.32. The van der Waals surface area contributed by atoms with Crippen LogP contribution in [0.1, 0.15) is 26.1 Å². The number of nitrogens with zero attached hydrogens (tertiary/aromatic N) is 4. The minimum Gasteiger partial charge on any atom is -0.318 e. The molecule has 0 spiro atoms. The maximum atomic E-state index is 4.31. The molecule has 0 bridgehead atoms. The lowest BCUT2D eigenvalue weighted by Gasteiger charge is -2.20. The summed E-state index contributed by atoms with van der Waals surface area (Å²) in [6, 6.07) is 0. The second-order valence-corrected chi connectivity index (χ2v) is 3.87. The molecule has 0 amide bonds. The molecule has 1 rings (SSSR count). The number of hydrogen-bond donors (Lipinski definition) is 1. The molecule has 0 unspecified atom stereocenters. The predicted molar refractivity (Wildman–Crippen MR) is 65.2 cm³/mol. The number of hydrogen-bond acceptors (Lipinski definition) is 4. The van der Waals surface area contributed by atoms with Gasteiger partial charge in [-0.3, -0.25) is 4.90 Å². The number of likely N-dealkylation sites (N-methyl/N-ethyl adjacent to an activating group) is 1. The van der Waals surface area contributed by atoms with Gasteiger partial charge in [0.1, 0.15) is 12.2 Å². The van der Waals surface area contributed by atoms with Gasteiger partial charge < -0.3 is 5.32 Å². The van der Waals surface area contributed by atoms with Gasteiger partial charge in [-0.1, -0.05) is 6.92 Å². The third-order valence-electron chi connectivity index (χ3n) is 2.58. The molecule has 92 valence electrons. The second kappa shape index (κ2) is 7.35. The average Bonchev–Trinajstić information content (AvgIpc) is 2.73. The molecular weight excluding hydrogens is 202 g/mol. The maximum absolute atomic E-state index is 4.31. The molecule has 0 aliphatic heterocycles. The molecule has 0 aliphatic rings. The first-order valence-electron chi connectivity index (χ1n) is 6.05. The Balaban J connectivity index is 2.52. The summed E-state index contributed by atoms with van der Waals surface area (Å²) in [6.07, 6.45) is 2.81. The first-order valence-corrected chi connectivity index (χ1v) is 6.05. The fourth-order valence-corrected chi connectivity index (χ4v) is 1.73. The van der Waals surface area contributed by atoms with Crippen molar-refractivity contribution in [3.05, 3.63) is 12.2 Å². The van der Waals surface area contributed by atoms with Crippen molar-refractivity contribution in [1.82, 2.24) is 25.0 Å². The third-order valence-corrected chi connectivity index (χ3v) is 2.58. The van der Waals surface area contributed by atoms with Gasteiger partial charge in [-0.05, 0) is 26.9 Å². The standard InChI is InChI=1S/C11H23N5/c1-4-7-15(8-6-12-3)9-11-13-10-14-16(11)5-2/h10,12H,4-9H2,1-3H3. The zero-order valence-electron chi connectivity index (χ0n) is 10.6. The lowest BCUT2D eigenvalue weighted by atomic mass is 10.3. The van der Waals surface area contributed by atoms with E-state index in [1.54, 1.807) is 6.33 Å². The van der Waals surface area contributed by atoms with Gasteiger partial charge in [-0.15, -0.1) is 0 Å². The van der Waals surface area contributed by atoms with Crippen LogP contribution in [0.3, 0.4) is 0 Å². The minimum absolute atomic E-state index is 0.890. The quantitative estimate of drug-likeness (QED) is 0.708. The fraction of sp³-hybridized carbons (Fsp3) is 0.818. The number of aryl methyl sites for hydroxylation is 1. The van der Waals surface area contributed by atoms with Crippen molar-refractivity contribution in [2.45, 2.75) is 33.4 Å². The van der Waals surface area contributed by atoms with Crippen molar-refractivity contribution < 1.29 is 0 Å². The molecule has 0 saturated heterocycles. The predicted octanol–water partition coefficient (Wildman–Crippen LogP) is 0.729. The van der Waals surface area contributed by atoms with Gasteiger partial charge in [0.2, 0.25) is 0 Å². The van der Waals surface area contributed by atoms with Crippen molar-refractivity contribution in [2.24, 2.45) is 0 Å². The van der Waals surface area contributed by atoms with E-state index in [0.717, 1.165) is 38.5 Å². The molecule has 5 nitrogen and oxygen atoms in total. The number of rotatable bonds is 8. The molecule has 0 fully saturated rings. The van der Waals surface area contributed by atoms with Crippen LogP contribution in [0.5, 0.6) is 0 Å². The van der Waals surface area contributed by atoms with E-state index in [4.69, 9.17) is 0 Å². The topological polar surface area (TPSA) is 46.0 Å². The summed E-state index contributed by atoms with van der Waals surface area (Å²) in [5.74, 6) is 1.06. The highest BCUT2D eigenvalue weighted by Crippen LogP contribution is 2.01. The number of nitrogens with one attached hydrogen (secondary N) is 1. The van der Waals surface area contributed by atoms with Gasteiger partial charge >= 0.3 is 0 Å². The maximum Gasteiger partial charge on any atom is 0.140 e. The minimum atomic E-state index is 0.890. The Hall–Kier alpha value is -0.940. The van der Waals surface area contributed by atoms with Crippen LogP contribution in [0, 0.1) is 0 Å². The van der Waals surface area contributed by atoms with E-state index in [9.17, 15) is 0 Å². The van der Waals surface area contributed by atoms with Crippen LogP contribution >= 0.6 is 0 Å². The summed E-state index contributed by atoms with van der Waals surface area (Å²) in [7, 11) is 1.98. The summed E-state index contributed by atoms with van der Waals surface area (Å²) in [6.45, 7) is 9.26. The molecule has 1 aromatic heterocycles. The van der Waals surface area contributed by atoms with E-state index in [1.165, 1.54) is 6.42 Å². The first-order chi connectivity index (χ1) is 7.81. The highest BCUT2D eigenvalue weighted by molar-refractivity contribution is 4.84. The van der Waals surface area contributed by atoms with Crippen molar-refractivity contribution in [1.29, 1.82) is 0 Å².